The third kappa shape index (κ3) is 3.20. The molecule has 0 unspecified atom stereocenters. The highest BCUT2D eigenvalue weighted by molar-refractivity contribution is 6.07. The Morgan fingerprint density at radius 2 is 1.52 bits per heavy atom. The van der Waals surface area contributed by atoms with Crippen molar-refractivity contribution in [1.82, 2.24) is 4.98 Å². The molecule has 27 heavy (non-hydrogen) atoms. The number of hydrogen-bond acceptors (Lipinski definition) is 3. The van der Waals surface area contributed by atoms with Crippen LogP contribution in [0, 0.1) is 0 Å². The number of rotatable bonds is 4. The molecule has 0 bridgehead atoms. The summed E-state index contributed by atoms with van der Waals surface area (Å²) >= 11 is 0. The van der Waals surface area contributed by atoms with Crippen molar-refractivity contribution in [3.63, 3.8) is 0 Å². The standard InChI is InChI=1S/C24H19NO2/c1-16(26)21-15-23(25-22-9-5-3-8-20(21)22)18-13-11-17(12-14-18)19-7-4-6-10-24(19)27-2/h3-15H,1-2H3. The smallest absolute Gasteiger partial charge is 0.160 e. The van der Waals surface area contributed by atoms with Crippen LogP contribution in [0.4, 0.5) is 0 Å². The van der Waals surface area contributed by atoms with Crippen molar-refractivity contribution in [2.45, 2.75) is 6.92 Å². The second-order valence-electron chi connectivity index (χ2n) is 6.41. The Hall–Kier alpha value is -3.46. The molecule has 0 atom stereocenters. The Kier molecular flexibility index (Phi) is 4.43. The fraction of sp³-hybridized carbons (Fsp3) is 0.0833. The van der Waals surface area contributed by atoms with Crippen LogP contribution in [0.1, 0.15) is 17.3 Å². The van der Waals surface area contributed by atoms with E-state index in [0.717, 1.165) is 39.0 Å². The number of methoxy groups -OCH3 is 1. The fourth-order valence-electron chi connectivity index (χ4n) is 3.32. The summed E-state index contributed by atoms with van der Waals surface area (Å²) in [6.07, 6.45) is 0. The molecule has 1 aromatic heterocycles. The van der Waals surface area contributed by atoms with Crippen LogP contribution in [0.25, 0.3) is 33.3 Å². The molecule has 0 fully saturated rings. The number of para-hydroxylation sites is 2. The van der Waals surface area contributed by atoms with E-state index in [1.807, 2.05) is 66.7 Å². The van der Waals surface area contributed by atoms with E-state index in [2.05, 4.69) is 12.1 Å². The number of pyridine rings is 1. The van der Waals surface area contributed by atoms with E-state index in [1.165, 1.54) is 0 Å². The van der Waals surface area contributed by atoms with Gasteiger partial charge in [0, 0.05) is 22.1 Å². The van der Waals surface area contributed by atoms with Crippen molar-refractivity contribution in [2.75, 3.05) is 7.11 Å². The zero-order valence-electron chi connectivity index (χ0n) is 15.3. The van der Waals surface area contributed by atoms with Gasteiger partial charge >= 0.3 is 0 Å². The molecule has 132 valence electrons. The first-order chi connectivity index (χ1) is 13.2. The second kappa shape index (κ2) is 7.04. The van der Waals surface area contributed by atoms with Gasteiger partial charge in [-0.25, -0.2) is 4.98 Å². The summed E-state index contributed by atoms with van der Waals surface area (Å²) in [6.45, 7) is 1.59. The van der Waals surface area contributed by atoms with Crippen LogP contribution in [0.15, 0.2) is 78.9 Å². The topological polar surface area (TPSA) is 39.2 Å². The molecule has 0 radical (unpaired) electrons. The van der Waals surface area contributed by atoms with E-state index < -0.39 is 0 Å². The van der Waals surface area contributed by atoms with Crippen molar-refractivity contribution in [3.8, 4) is 28.1 Å². The molecule has 4 rings (SSSR count). The summed E-state index contributed by atoms with van der Waals surface area (Å²) in [5.74, 6) is 0.883. The predicted octanol–water partition coefficient (Wildman–Crippen LogP) is 5.78. The van der Waals surface area contributed by atoms with Gasteiger partial charge in [0.25, 0.3) is 0 Å². The predicted molar refractivity (Wildman–Crippen MR) is 109 cm³/mol. The van der Waals surface area contributed by atoms with Gasteiger partial charge in [-0.15, -0.1) is 0 Å². The quantitative estimate of drug-likeness (QED) is 0.437. The lowest BCUT2D eigenvalue weighted by molar-refractivity contribution is 0.101. The molecule has 1 heterocycles. The highest BCUT2D eigenvalue weighted by Crippen LogP contribution is 2.32. The molecule has 0 saturated carbocycles. The number of ether oxygens (including phenoxy) is 1. The first kappa shape index (κ1) is 17.0. The number of hydrogen-bond donors (Lipinski definition) is 0. The molecule has 3 nitrogen and oxygen atoms in total. The molecule has 3 aromatic carbocycles. The Balaban J connectivity index is 1.79. The summed E-state index contributed by atoms with van der Waals surface area (Å²) in [7, 11) is 1.68. The summed E-state index contributed by atoms with van der Waals surface area (Å²) in [6, 6.07) is 25.7. The minimum atomic E-state index is 0.0421. The second-order valence-corrected chi connectivity index (χ2v) is 6.41. The molecule has 3 heteroatoms. The SMILES string of the molecule is COc1ccccc1-c1ccc(-c2cc(C(C)=O)c3ccccc3n2)cc1. The number of Topliss-reactive ketones (excluding diaryl/α,β-unsaturated/α-hetero) is 1. The van der Waals surface area contributed by atoms with Crippen molar-refractivity contribution < 1.29 is 9.53 Å². The first-order valence-corrected chi connectivity index (χ1v) is 8.82. The van der Waals surface area contributed by atoms with Gasteiger partial charge in [0.05, 0.1) is 18.3 Å². The maximum Gasteiger partial charge on any atom is 0.160 e. The van der Waals surface area contributed by atoms with Gasteiger partial charge in [-0.05, 0) is 30.7 Å². The highest BCUT2D eigenvalue weighted by atomic mass is 16.5. The molecule has 0 N–H and O–H groups in total. The van der Waals surface area contributed by atoms with Crippen LogP contribution >= 0.6 is 0 Å². The van der Waals surface area contributed by atoms with Crippen molar-refractivity contribution in [1.29, 1.82) is 0 Å². The monoisotopic (exact) mass is 353 g/mol. The van der Waals surface area contributed by atoms with E-state index in [4.69, 9.17) is 9.72 Å². The molecule has 0 aliphatic heterocycles. The van der Waals surface area contributed by atoms with E-state index in [-0.39, 0.29) is 5.78 Å². The van der Waals surface area contributed by atoms with Gasteiger partial charge in [0.2, 0.25) is 0 Å². The summed E-state index contributed by atoms with van der Waals surface area (Å²) in [5, 5.41) is 0.888. The highest BCUT2D eigenvalue weighted by Gasteiger charge is 2.11. The van der Waals surface area contributed by atoms with E-state index in [0.29, 0.717) is 5.56 Å². The van der Waals surface area contributed by atoms with Gasteiger partial charge in [-0.1, -0.05) is 60.7 Å². The van der Waals surface area contributed by atoms with Gasteiger partial charge in [-0.2, -0.15) is 0 Å². The zero-order valence-corrected chi connectivity index (χ0v) is 15.3. The third-order valence-electron chi connectivity index (χ3n) is 4.69. The fourth-order valence-corrected chi connectivity index (χ4v) is 3.32. The third-order valence-corrected chi connectivity index (χ3v) is 4.69. The van der Waals surface area contributed by atoms with Crippen LogP contribution in [0.5, 0.6) is 5.75 Å². The summed E-state index contributed by atoms with van der Waals surface area (Å²) < 4.78 is 5.46. The Labute approximate surface area is 158 Å². The van der Waals surface area contributed by atoms with Crippen molar-refractivity contribution in [2.24, 2.45) is 0 Å². The van der Waals surface area contributed by atoms with Crippen LogP contribution < -0.4 is 4.74 Å². The molecule has 0 amide bonds. The van der Waals surface area contributed by atoms with Crippen LogP contribution in [-0.4, -0.2) is 17.9 Å². The first-order valence-electron chi connectivity index (χ1n) is 8.82. The average Bonchev–Trinajstić information content (AvgIpc) is 2.73. The van der Waals surface area contributed by atoms with Gasteiger partial charge < -0.3 is 4.74 Å². The zero-order chi connectivity index (χ0) is 18.8. The summed E-state index contributed by atoms with van der Waals surface area (Å²) in [5.41, 5.74) is 5.41. The lowest BCUT2D eigenvalue weighted by Gasteiger charge is -2.10. The Morgan fingerprint density at radius 1 is 0.852 bits per heavy atom. The lowest BCUT2D eigenvalue weighted by Crippen LogP contribution is -1.97. The summed E-state index contributed by atoms with van der Waals surface area (Å²) in [4.78, 5) is 16.9. The number of fused-ring (bicyclic) bond motifs is 1. The molecule has 4 aromatic rings. The minimum Gasteiger partial charge on any atom is -0.496 e. The average molecular weight is 353 g/mol. The number of carbonyl (C=O) groups is 1. The molecule has 0 aliphatic carbocycles. The largest absolute Gasteiger partial charge is 0.496 e. The van der Waals surface area contributed by atoms with Gasteiger partial charge in [0.15, 0.2) is 5.78 Å². The maximum absolute atomic E-state index is 12.1. The van der Waals surface area contributed by atoms with Gasteiger partial charge in [-0.3, -0.25) is 4.79 Å². The number of ketones is 1. The molecule has 0 spiro atoms. The Morgan fingerprint density at radius 3 is 2.26 bits per heavy atom. The van der Waals surface area contributed by atoms with E-state index in [9.17, 15) is 4.79 Å². The maximum atomic E-state index is 12.1. The number of nitrogens with zero attached hydrogens (tertiary/aromatic N) is 1. The van der Waals surface area contributed by atoms with Crippen LogP contribution in [-0.2, 0) is 0 Å². The molecule has 0 saturated heterocycles. The normalized spacial score (nSPS) is 10.7. The van der Waals surface area contributed by atoms with Crippen LogP contribution in [0.2, 0.25) is 0 Å². The molecular formula is C24H19NO2. The molecular weight excluding hydrogens is 334 g/mol. The van der Waals surface area contributed by atoms with E-state index in [1.54, 1.807) is 14.0 Å². The van der Waals surface area contributed by atoms with E-state index >= 15 is 0 Å². The Bertz CT molecular complexity index is 1130. The van der Waals surface area contributed by atoms with Crippen molar-refractivity contribution >= 4 is 16.7 Å². The number of carbonyl (C=O) groups excluding carboxylic acids is 1. The molecule has 0 aliphatic rings. The van der Waals surface area contributed by atoms with Crippen molar-refractivity contribution in [3.05, 3.63) is 84.4 Å². The van der Waals surface area contributed by atoms with Gasteiger partial charge in [0.1, 0.15) is 5.75 Å². The minimum absolute atomic E-state index is 0.0421. The number of benzene rings is 3. The lowest BCUT2D eigenvalue weighted by atomic mass is 9.99. The number of aromatic nitrogens is 1. The van der Waals surface area contributed by atoms with Crippen LogP contribution in [0.3, 0.4) is 0 Å².